The lowest BCUT2D eigenvalue weighted by Crippen LogP contribution is -2.53. The first kappa shape index (κ1) is 18.7. The molecule has 1 saturated carbocycles. The van der Waals surface area contributed by atoms with Gasteiger partial charge in [-0.25, -0.2) is 4.39 Å². The summed E-state index contributed by atoms with van der Waals surface area (Å²) in [5.74, 6) is -0.314. The lowest BCUT2D eigenvalue weighted by Gasteiger charge is -2.24. The van der Waals surface area contributed by atoms with Crippen LogP contribution in [0.1, 0.15) is 39.0 Å². The molecule has 1 aromatic rings. The number of nitrogens with one attached hydrogen (secondary N) is 1. The molecule has 0 spiro atoms. The quantitative estimate of drug-likeness (QED) is 0.843. The Morgan fingerprint density at radius 1 is 1.41 bits per heavy atom. The molecule has 1 unspecified atom stereocenters. The highest BCUT2D eigenvalue weighted by molar-refractivity contribution is 5.86. The van der Waals surface area contributed by atoms with Gasteiger partial charge in [-0.05, 0) is 31.4 Å². The van der Waals surface area contributed by atoms with Crippen molar-refractivity contribution in [3.05, 3.63) is 30.1 Å². The zero-order valence-electron chi connectivity index (χ0n) is 12.8. The third-order valence-corrected chi connectivity index (χ3v) is 4.02. The maximum absolute atomic E-state index is 13.6. The van der Waals surface area contributed by atoms with Crippen molar-refractivity contribution in [3.63, 3.8) is 0 Å². The minimum atomic E-state index is -0.740. The normalized spacial score (nSPS) is 17.4. The standard InChI is InChI=1S/C16H23FN2O2.ClH/c1-2-12(21-14-8-4-3-7-13(14)17)11-19-15(20)16(18)9-5-6-10-16;/h3-4,7-8,12H,2,5-6,9-11,18H2,1H3,(H,19,20);1H. The van der Waals surface area contributed by atoms with Gasteiger partial charge in [0, 0.05) is 0 Å². The van der Waals surface area contributed by atoms with Gasteiger partial charge in [0.05, 0.1) is 12.1 Å². The Morgan fingerprint density at radius 3 is 2.64 bits per heavy atom. The fraction of sp³-hybridized carbons (Fsp3) is 0.562. The van der Waals surface area contributed by atoms with Crippen molar-refractivity contribution in [2.24, 2.45) is 5.73 Å². The van der Waals surface area contributed by atoms with Crippen LogP contribution in [-0.2, 0) is 4.79 Å². The summed E-state index contributed by atoms with van der Waals surface area (Å²) in [5.41, 5.74) is 5.35. The van der Waals surface area contributed by atoms with Gasteiger partial charge in [0.15, 0.2) is 11.6 Å². The first-order chi connectivity index (χ1) is 10.0. The zero-order valence-corrected chi connectivity index (χ0v) is 13.6. The molecule has 124 valence electrons. The van der Waals surface area contributed by atoms with Crippen LogP contribution in [0.4, 0.5) is 4.39 Å². The number of ether oxygens (including phenoxy) is 1. The Hall–Kier alpha value is -1.33. The highest BCUT2D eigenvalue weighted by atomic mass is 35.5. The van der Waals surface area contributed by atoms with Crippen LogP contribution in [0.25, 0.3) is 0 Å². The van der Waals surface area contributed by atoms with E-state index in [1.54, 1.807) is 18.2 Å². The first-order valence-corrected chi connectivity index (χ1v) is 7.53. The summed E-state index contributed by atoms with van der Waals surface area (Å²) in [5, 5.41) is 2.84. The van der Waals surface area contributed by atoms with Crippen molar-refractivity contribution in [1.82, 2.24) is 5.32 Å². The predicted octanol–water partition coefficient (Wildman–Crippen LogP) is 2.79. The van der Waals surface area contributed by atoms with E-state index in [0.717, 1.165) is 25.7 Å². The molecule has 1 aliphatic carbocycles. The summed E-state index contributed by atoms with van der Waals surface area (Å²) in [4.78, 5) is 12.1. The van der Waals surface area contributed by atoms with E-state index in [4.69, 9.17) is 10.5 Å². The summed E-state index contributed by atoms with van der Waals surface area (Å²) < 4.78 is 19.2. The molecule has 1 aromatic carbocycles. The number of rotatable bonds is 6. The van der Waals surface area contributed by atoms with E-state index in [9.17, 15) is 9.18 Å². The molecule has 1 amide bonds. The van der Waals surface area contributed by atoms with E-state index >= 15 is 0 Å². The van der Waals surface area contributed by atoms with E-state index in [1.807, 2.05) is 6.92 Å². The number of amides is 1. The molecule has 0 aliphatic heterocycles. The molecule has 1 fully saturated rings. The minimum absolute atomic E-state index is 0. The second-order valence-corrected chi connectivity index (χ2v) is 5.65. The van der Waals surface area contributed by atoms with E-state index in [1.165, 1.54) is 6.07 Å². The number of hydrogen-bond donors (Lipinski definition) is 2. The van der Waals surface area contributed by atoms with Gasteiger partial charge in [-0.3, -0.25) is 4.79 Å². The molecule has 1 atom stereocenters. The van der Waals surface area contributed by atoms with Gasteiger partial charge in [0.2, 0.25) is 5.91 Å². The van der Waals surface area contributed by atoms with Crippen molar-refractivity contribution >= 4 is 18.3 Å². The molecule has 6 heteroatoms. The van der Waals surface area contributed by atoms with Crippen molar-refractivity contribution in [1.29, 1.82) is 0 Å². The van der Waals surface area contributed by atoms with Gasteiger partial charge in [-0.2, -0.15) is 0 Å². The van der Waals surface area contributed by atoms with E-state index in [-0.39, 0.29) is 30.2 Å². The smallest absolute Gasteiger partial charge is 0.240 e. The maximum atomic E-state index is 13.6. The third-order valence-electron chi connectivity index (χ3n) is 4.02. The number of para-hydroxylation sites is 1. The number of hydrogen-bond acceptors (Lipinski definition) is 3. The Balaban J connectivity index is 0.00000242. The van der Waals surface area contributed by atoms with Crippen LogP contribution in [-0.4, -0.2) is 24.1 Å². The van der Waals surface area contributed by atoms with Gasteiger partial charge < -0.3 is 15.8 Å². The number of carbonyl (C=O) groups is 1. The first-order valence-electron chi connectivity index (χ1n) is 7.53. The highest BCUT2D eigenvalue weighted by Crippen LogP contribution is 2.27. The summed E-state index contributed by atoms with van der Waals surface area (Å²) >= 11 is 0. The Morgan fingerprint density at radius 2 is 2.05 bits per heavy atom. The third kappa shape index (κ3) is 4.58. The topological polar surface area (TPSA) is 64.4 Å². The second kappa shape index (κ2) is 8.34. The van der Waals surface area contributed by atoms with Gasteiger partial charge in [0.1, 0.15) is 6.10 Å². The van der Waals surface area contributed by atoms with Gasteiger partial charge in [-0.1, -0.05) is 31.9 Å². The number of halogens is 2. The van der Waals surface area contributed by atoms with Crippen LogP contribution in [0, 0.1) is 5.82 Å². The summed E-state index contributed by atoms with van der Waals surface area (Å²) in [6.45, 7) is 2.27. The molecule has 0 radical (unpaired) electrons. The maximum Gasteiger partial charge on any atom is 0.240 e. The molecule has 3 N–H and O–H groups in total. The lowest BCUT2D eigenvalue weighted by atomic mass is 9.98. The van der Waals surface area contributed by atoms with E-state index in [0.29, 0.717) is 13.0 Å². The second-order valence-electron chi connectivity index (χ2n) is 5.65. The van der Waals surface area contributed by atoms with Crippen LogP contribution >= 0.6 is 12.4 Å². The predicted molar refractivity (Wildman–Crippen MR) is 86.8 cm³/mol. The average molecular weight is 331 g/mol. The summed E-state index contributed by atoms with van der Waals surface area (Å²) in [6.07, 6.45) is 3.84. The SMILES string of the molecule is CCC(CNC(=O)C1(N)CCCC1)Oc1ccccc1F.Cl. The van der Waals surface area contributed by atoms with Crippen LogP contribution in [0.3, 0.4) is 0 Å². The van der Waals surface area contributed by atoms with Gasteiger partial charge >= 0.3 is 0 Å². The average Bonchev–Trinajstić information content (AvgIpc) is 2.93. The van der Waals surface area contributed by atoms with Crippen molar-refractivity contribution in [3.8, 4) is 5.75 Å². The molecule has 4 nitrogen and oxygen atoms in total. The van der Waals surface area contributed by atoms with E-state index < -0.39 is 11.4 Å². The zero-order chi connectivity index (χ0) is 15.3. The minimum Gasteiger partial charge on any atom is -0.486 e. The van der Waals surface area contributed by atoms with Crippen molar-refractivity contribution < 1.29 is 13.9 Å². The number of benzene rings is 1. The highest BCUT2D eigenvalue weighted by Gasteiger charge is 2.36. The molecule has 0 heterocycles. The summed E-state index contributed by atoms with van der Waals surface area (Å²) in [6, 6.07) is 6.27. The summed E-state index contributed by atoms with van der Waals surface area (Å²) in [7, 11) is 0. The van der Waals surface area contributed by atoms with Crippen LogP contribution in [0.5, 0.6) is 5.75 Å². The molecule has 0 bridgehead atoms. The number of carbonyl (C=O) groups excluding carboxylic acids is 1. The Labute approximate surface area is 137 Å². The van der Waals surface area contributed by atoms with E-state index in [2.05, 4.69) is 5.32 Å². The fourth-order valence-corrected chi connectivity index (χ4v) is 2.60. The lowest BCUT2D eigenvalue weighted by molar-refractivity contribution is -0.126. The fourth-order valence-electron chi connectivity index (χ4n) is 2.60. The van der Waals surface area contributed by atoms with Crippen LogP contribution < -0.4 is 15.8 Å². The Bertz CT molecular complexity index is 493. The van der Waals surface area contributed by atoms with Crippen LogP contribution in [0.15, 0.2) is 24.3 Å². The molecular weight excluding hydrogens is 307 g/mol. The molecule has 2 rings (SSSR count). The Kier molecular flexibility index (Phi) is 7.10. The molecule has 0 saturated heterocycles. The van der Waals surface area contributed by atoms with Gasteiger partial charge in [-0.15, -0.1) is 12.4 Å². The largest absolute Gasteiger partial charge is 0.486 e. The molecular formula is C16H24ClFN2O2. The molecule has 0 aromatic heterocycles. The van der Waals surface area contributed by atoms with Crippen molar-refractivity contribution in [2.45, 2.75) is 50.7 Å². The molecule has 22 heavy (non-hydrogen) atoms. The van der Waals surface area contributed by atoms with Crippen LogP contribution in [0.2, 0.25) is 0 Å². The monoisotopic (exact) mass is 330 g/mol. The molecule has 1 aliphatic rings. The van der Waals surface area contributed by atoms with Gasteiger partial charge in [0.25, 0.3) is 0 Å². The van der Waals surface area contributed by atoms with Crippen molar-refractivity contribution in [2.75, 3.05) is 6.54 Å². The number of nitrogens with two attached hydrogens (primary N) is 1.